The maximum absolute atomic E-state index is 11.4. The lowest BCUT2D eigenvalue weighted by molar-refractivity contribution is -0.125. The first-order chi connectivity index (χ1) is 6.44. The Morgan fingerprint density at radius 2 is 1.57 bits per heavy atom. The van der Waals surface area contributed by atoms with Crippen LogP contribution in [0.25, 0.3) is 0 Å². The minimum absolute atomic E-state index is 0.190. The number of hydrogen-bond acceptors (Lipinski definition) is 2. The smallest absolute Gasteiger partial charge is 0.136 e. The molecule has 0 saturated heterocycles. The summed E-state index contributed by atoms with van der Waals surface area (Å²) in [6, 6.07) is 0. The summed E-state index contributed by atoms with van der Waals surface area (Å²) in [5, 5.41) is 0. The predicted octanol–water partition coefficient (Wildman–Crippen LogP) is 2.72. The van der Waals surface area contributed by atoms with Crippen LogP contribution < -0.4 is 0 Å². The van der Waals surface area contributed by atoms with Crippen molar-refractivity contribution in [2.45, 2.75) is 47.5 Å². The van der Waals surface area contributed by atoms with Crippen LogP contribution in [0.15, 0.2) is 0 Å². The highest BCUT2D eigenvalue weighted by molar-refractivity contribution is 5.81. The minimum Gasteiger partial charge on any atom is -0.302 e. The van der Waals surface area contributed by atoms with E-state index in [9.17, 15) is 4.79 Å². The number of carbonyl (C=O) groups excluding carboxylic acids is 1. The van der Waals surface area contributed by atoms with E-state index < -0.39 is 0 Å². The van der Waals surface area contributed by atoms with Crippen LogP contribution in [0.3, 0.4) is 0 Å². The van der Waals surface area contributed by atoms with Crippen LogP contribution in [0, 0.1) is 5.41 Å². The largest absolute Gasteiger partial charge is 0.302 e. The molecular weight excluding hydrogens is 174 g/mol. The van der Waals surface area contributed by atoms with Crippen LogP contribution in [0.4, 0.5) is 0 Å². The third-order valence-corrected chi connectivity index (χ3v) is 2.65. The van der Waals surface area contributed by atoms with Gasteiger partial charge < -0.3 is 4.90 Å². The molecule has 0 aromatic carbocycles. The van der Waals surface area contributed by atoms with Crippen molar-refractivity contribution in [3.05, 3.63) is 0 Å². The van der Waals surface area contributed by atoms with Gasteiger partial charge in [-0.1, -0.05) is 27.7 Å². The summed E-state index contributed by atoms with van der Waals surface area (Å²) in [6.07, 6.45) is 2.32. The van der Waals surface area contributed by atoms with E-state index in [1.807, 2.05) is 13.8 Å². The second kappa shape index (κ2) is 6.18. The summed E-state index contributed by atoms with van der Waals surface area (Å²) in [4.78, 5) is 13.8. The monoisotopic (exact) mass is 199 g/mol. The van der Waals surface area contributed by atoms with Crippen LogP contribution in [-0.2, 0) is 4.79 Å². The molecule has 0 atom stereocenters. The third kappa shape index (κ3) is 4.75. The lowest BCUT2D eigenvalue weighted by Crippen LogP contribution is -2.39. The Hall–Kier alpha value is -0.370. The molecule has 0 N–H and O–H groups in total. The molecule has 0 amide bonds. The van der Waals surface area contributed by atoms with Crippen molar-refractivity contribution < 1.29 is 4.79 Å². The third-order valence-electron chi connectivity index (χ3n) is 2.65. The van der Waals surface area contributed by atoms with Crippen LogP contribution in [0.1, 0.15) is 47.5 Å². The lowest BCUT2D eigenvalue weighted by Gasteiger charge is -2.30. The van der Waals surface area contributed by atoms with E-state index >= 15 is 0 Å². The molecule has 0 unspecified atom stereocenters. The van der Waals surface area contributed by atoms with Crippen molar-refractivity contribution in [1.82, 2.24) is 4.90 Å². The van der Waals surface area contributed by atoms with Gasteiger partial charge in [0.05, 0.1) is 0 Å². The molecule has 0 aromatic heterocycles. The highest BCUT2D eigenvalue weighted by Crippen LogP contribution is 2.18. The Balaban J connectivity index is 4.19. The first-order valence-corrected chi connectivity index (χ1v) is 5.67. The predicted molar refractivity (Wildman–Crippen MR) is 61.5 cm³/mol. The Morgan fingerprint density at radius 3 is 1.86 bits per heavy atom. The van der Waals surface area contributed by atoms with Gasteiger partial charge in [0.2, 0.25) is 0 Å². The summed E-state index contributed by atoms with van der Waals surface area (Å²) in [7, 11) is 0. The molecule has 0 rings (SSSR count). The number of carbonyl (C=O) groups is 1. The van der Waals surface area contributed by atoms with E-state index in [0.29, 0.717) is 0 Å². The van der Waals surface area contributed by atoms with Gasteiger partial charge in [0.25, 0.3) is 0 Å². The van der Waals surface area contributed by atoms with E-state index in [1.165, 1.54) is 0 Å². The average Bonchev–Trinajstić information content (AvgIpc) is 2.04. The normalized spacial score (nSPS) is 12.1. The molecule has 0 spiro atoms. The van der Waals surface area contributed by atoms with Gasteiger partial charge >= 0.3 is 0 Å². The van der Waals surface area contributed by atoms with Crippen molar-refractivity contribution >= 4 is 5.78 Å². The fourth-order valence-electron chi connectivity index (χ4n) is 1.57. The second-order valence-corrected chi connectivity index (χ2v) is 4.72. The first kappa shape index (κ1) is 13.6. The number of ketones is 1. The molecular formula is C12H25NO. The Bertz CT molecular complexity index is 169. The zero-order valence-electron chi connectivity index (χ0n) is 10.4. The van der Waals surface area contributed by atoms with Gasteiger partial charge in [-0.15, -0.1) is 0 Å². The van der Waals surface area contributed by atoms with Crippen LogP contribution in [-0.4, -0.2) is 30.3 Å². The molecule has 0 saturated carbocycles. The van der Waals surface area contributed by atoms with Gasteiger partial charge in [0.1, 0.15) is 5.78 Å². The van der Waals surface area contributed by atoms with Crippen LogP contribution in [0.5, 0.6) is 0 Å². The molecule has 0 aliphatic carbocycles. The van der Waals surface area contributed by atoms with Gasteiger partial charge in [0.15, 0.2) is 0 Å². The van der Waals surface area contributed by atoms with Gasteiger partial charge in [0, 0.05) is 12.0 Å². The zero-order valence-corrected chi connectivity index (χ0v) is 10.4. The standard InChI is InChI=1S/C12H25NO/c1-6-8-13(9-7-2)10-12(4,5)11(3)14/h6-10H2,1-5H3. The van der Waals surface area contributed by atoms with E-state index in [-0.39, 0.29) is 11.2 Å². The molecule has 0 fully saturated rings. The summed E-state index contributed by atoms with van der Waals surface area (Å²) in [5.74, 6) is 0.287. The second-order valence-electron chi connectivity index (χ2n) is 4.72. The van der Waals surface area contributed by atoms with E-state index in [2.05, 4.69) is 18.7 Å². The molecule has 0 bridgehead atoms. The molecule has 84 valence electrons. The molecule has 14 heavy (non-hydrogen) atoms. The number of hydrogen-bond donors (Lipinski definition) is 0. The van der Waals surface area contributed by atoms with Crippen molar-refractivity contribution in [2.75, 3.05) is 19.6 Å². The van der Waals surface area contributed by atoms with E-state index in [1.54, 1.807) is 6.92 Å². The fourth-order valence-corrected chi connectivity index (χ4v) is 1.57. The van der Waals surface area contributed by atoms with Crippen molar-refractivity contribution in [1.29, 1.82) is 0 Å². The summed E-state index contributed by atoms with van der Waals surface area (Å²) >= 11 is 0. The number of nitrogens with zero attached hydrogens (tertiary/aromatic N) is 1. The highest BCUT2D eigenvalue weighted by atomic mass is 16.1. The lowest BCUT2D eigenvalue weighted by atomic mass is 9.88. The van der Waals surface area contributed by atoms with Gasteiger partial charge in [-0.3, -0.25) is 4.79 Å². The molecule has 0 aliphatic rings. The Kier molecular flexibility index (Phi) is 6.01. The minimum atomic E-state index is -0.190. The van der Waals surface area contributed by atoms with Crippen LogP contribution in [0.2, 0.25) is 0 Å². The Morgan fingerprint density at radius 1 is 1.14 bits per heavy atom. The van der Waals surface area contributed by atoms with E-state index in [4.69, 9.17) is 0 Å². The molecule has 2 heteroatoms. The van der Waals surface area contributed by atoms with Crippen molar-refractivity contribution in [2.24, 2.45) is 5.41 Å². The fraction of sp³-hybridized carbons (Fsp3) is 0.917. The summed E-state index contributed by atoms with van der Waals surface area (Å²) in [5.41, 5.74) is -0.190. The Labute approximate surface area is 88.7 Å². The zero-order chi connectivity index (χ0) is 11.2. The maximum Gasteiger partial charge on any atom is 0.136 e. The van der Waals surface area contributed by atoms with Crippen molar-refractivity contribution in [3.8, 4) is 0 Å². The van der Waals surface area contributed by atoms with Gasteiger partial charge in [-0.2, -0.15) is 0 Å². The summed E-state index contributed by atoms with van der Waals surface area (Å²) < 4.78 is 0. The molecule has 2 nitrogen and oxygen atoms in total. The van der Waals surface area contributed by atoms with E-state index in [0.717, 1.165) is 32.5 Å². The maximum atomic E-state index is 11.4. The molecule has 0 radical (unpaired) electrons. The SMILES string of the molecule is CCCN(CCC)CC(C)(C)C(C)=O. The first-order valence-electron chi connectivity index (χ1n) is 5.67. The highest BCUT2D eigenvalue weighted by Gasteiger charge is 2.25. The van der Waals surface area contributed by atoms with Crippen LogP contribution >= 0.6 is 0 Å². The summed E-state index contributed by atoms with van der Waals surface area (Å²) in [6.45, 7) is 13.2. The topological polar surface area (TPSA) is 20.3 Å². The van der Waals surface area contributed by atoms with Crippen molar-refractivity contribution in [3.63, 3.8) is 0 Å². The molecule has 0 heterocycles. The molecule has 0 aromatic rings. The quantitative estimate of drug-likeness (QED) is 0.628. The number of rotatable bonds is 7. The van der Waals surface area contributed by atoms with Gasteiger partial charge in [-0.25, -0.2) is 0 Å². The number of Topliss-reactive ketones (excluding diaryl/α,β-unsaturated/α-hetero) is 1. The van der Waals surface area contributed by atoms with Gasteiger partial charge in [-0.05, 0) is 32.9 Å². The molecule has 0 aliphatic heterocycles. The average molecular weight is 199 g/mol.